The minimum atomic E-state index is -0.257. The van der Waals surface area contributed by atoms with E-state index in [-0.39, 0.29) is 12.6 Å². The summed E-state index contributed by atoms with van der Waals surface area (Å²) in [5, 5.41) is 8.29. The van der Waals surface area contributed by atoms with Crippen molar-refractivity contribution in [2.24, 2.45) is 0 Å². The third-order valence-electron chi connectivity index (χ3n) is 0.858. The molecule has 0 aliphatic carbocycles. The standard InChI is InChI=1S/C6H12O3/c1-6(8)9-5-3-2-4-7/h7H,2-5H2,1H3. The molecule has 0 aromatic heterocycles. The Morgan fingerprint density at radius 1 is 1.56 bits per heavy atom. The van der Waals surface area contributed by atoms with Crippen LogP contribution in [-0.2, 0) is 9.53 Å². The number of aliphatic hydroxyl groups excluding tert-OH is 1. The summed E-state index contributed by atoms with van der Waals surface area (Å²) in [5.74, 6) is -0.257. The first-order valence-electron chi connectivity index (χ1n) is 3.01. The SMILES string of the molecule is CC(=O)OCCCCO. The molecule has 0 saturated heterocycles. The molecule has 0 bridgehead atoms. The van der Waals surface area contributed by atoms with E-state index in [9.17, 15) is 4.79 Å². The van der Waals surface area contributed by atoms with Crippen LogP contribution in [0.5, 0.6) is 0 Å². The van der Waals surface area contributed by atoms with Gasteiger partial charge in [0.05, 0.1) is 6.61 Å². The molecule has 0 aliphatic rings. The summed E-state index contributed by atoms with van der Waals surface area (Å²) in [5.41, 5.74) is 0. The second-order valence-electron chi connectivity index (χ2n) is 1.77. The molecule has 1 N–H and O–H groups in total. The van der Waals surface area contributed by atoms with Crippen LogP contribution in [0.1, 0.15) is 19.8 Å². The fraction of sp³-hybridized carbons (Fsp3) is 0.833. The molecule has 0 rings (SSSR count). The summed E-state index contributed by atoms with van der Waals surface area (Å²) in [6.07, 6.45) is 1.45. The van der Waals surface area contributed by atoms with Crippen LogP contribution < -0.4 is 0 Å². The largest absolute Gasteiger partial charge is 0.466 e. The Bertz CT molecular complexity index is 80.4. The van der Waals surface area contributed by atoms with Crippen molar-refractivity contribution in [3.05, 3.63) is 0 Å². The van der Waals surface area contributed by atoms with Crippen LogP contribution in [0.15, 0.2) is 0 Å². The van der Waals surface area contributed by atoms with Gasteiger partial charge in [0.1, 0.15) is 0 Å². The molecule has 0 unspecified atom stereocenters. The minimum absolute atomic E-state index is 0.168. The lowest BCUT2D eigenvalue weighted by molar-refractivity contribution is -0.141. The van der Waals surface area contributed by atoms with E-state index in [1.165, 1.54) is 6.92 Å². The zero-order valence-corrected chi connectivity index (χ0v) is 5.59. The summed E-state index contributed by atoms with van der Waals surface area (Å²) < 4.78 is 4.59. The van der Waals surface area contributed by atoms with Gasteiger partial charge in [0.25, 0.3) is 0 Å². The first kappa shape index (κ1) is 8.43. The van der Waals surface area contributed by atoms with E-state index in [0.29, 0.717) is 13.0 Å². The number of rotatable bonds is 4. The zero-order valence-electron chi connectivity index (χ0n) is 5.59. The van der Waals surface area contributed by atoms with Gasteiger partial charge in [-0.3, -0.25) is 4.79 Å². The van der Waals surface area contributed by atoms with Crippen molar-refractivity contribution in [3.8, 4) is 0 Å². The monoisotopic (exact) mass is 132 g/mol. The zero-order chi connectivity index (χ0) is 7.11. The highest BCUT2D eigenvalue weighted by Crippen LogP contribution is 1.87. The Morgan fingerprint density at radius 3 is 2.67 bits per heavy atom. The maximum atomic E-state index is 10.1. The van der Waals surface area contributed by atoms with Crippen LogP contribution in [0.25, 0.3) is 0 Å². The number of hydrogen-bond donors (Lipinski definition) is 1. The maximum Gasteiger partial charge on any atom is 0.302 e. The van der Waals surface area contributed by atoms with Crippen LogP contribution in [0.2, 0.25) is 0 Å². The molecule has 0 radical (unpaired) electrons. The predicted molar refractivity (Wildman–Crippen MR) is 33.0 cm³/mol. The quantitative estimate of drug-likeness (QED) is 0.442. The number of unbranched alkanes of at least 4 members (excludes halogenated alkanes) is 1. The van der Waals surface area contributed by atoms with Crippen molar-refractivity contribution in [3.63, 3.8) is 0 Å². The molecular formula is C6H12O3. The van der Waals surface area contributed by atoms with Gasteiger partial charge in [-0.1, -0.05) is 0 Å². The van der Waals surface area contributed by atoms with E-state index in [1.54, 1.807) is 0 Å². The summed E-state index contributed by atoms with van der Waals surface area (Å²) in [6.45, 7) is 1.97. The van der Waals surface area contributed by atoms with Gasteiger partial charge in [-0.2, -0.15) is 0 Å². The number of carbonyl (C=O) groups is 1. The van der Waals surface area contributed by atoms with Gasteiger partial charge < -0.3 is 9.84 Å². The highest BCUT2D eigenvalue weighted by atomic mass is 16.5. The highest BCUT2D eigenvalue weighted by molar-refractivity contribution is 5.65. The maximum absolute atomic E-state index is 10.1. The van der Waals surface area contributed by atoms with Gasteiger partial charge >= 0.3 is 5.97 Å². The molecule has 0 aliphatic heterocycles. The van der Waals surface area contributed by atoms with E-state index in [1.807, 2.05) is 0 Å². The lowest BCUT2D eigenvalue weighted by Gasteiger charge is -1.97. The molecule has 0 fully saturated rings. The second-order valence-corrected chi connectivity index (χ2v) is 1.77. The summed E-state index contributed by atoms with van der Waals surface area (Å²) in [6, 6.07) is 0. The van der Waals surface area contributed by atoms with Gasteiger partial charge in [-0.15, -0.1) is 0 Å². The van der Waals surface area contributed by atoms with Crippen molar-refractivity contribution in [1.29, 1.82) is 0 Å². The van der Waals surface area contributed by atoms with Crippen LogP contribution in [0.3, 0.4) is 0 Å². The summed E-state index contributed by atoms with van der Waals surface area (Å²) >= 11 is 0. The van der Waals surface area contributed by atoms with E-state index in [2.05, 4.69) is 4.74 Å². The molecular weight excluding hydrogens is 120 g/mol. The number of aliphatic hydroxyl groups is 1. The number of carbonyl (C=O) groups excluding carboxylic acids is 1. The van der Waals surface area contributed by atoms with Crippen LogP contribution in [-0.4, -0.2) is 24.3 Å². The Balaban J connectivity index is 2.83. The van der Waals surface area contributed by atoms with Gasteiger partial charge in [0.2, 0.25) is 0 Å². The Kier molecular flexibility index (Phi) is 5.21. The van der Waals surface area contributed by atoms with Crippen molar-refractivity contribution in [2.45, 2.75) is 19.8 Å². The molecule has 9 heavy (non-hydrogen) atoms. The van der Waals surface area contributed by atoms with Crippen LogP contribution in [0.4, 0.5) is 0 Å². The smallest absolute Gasteiger partial charge is 0.302 e. The van der Waals surface area contributed by atoms with Gasteiger partial charge in [0, 0.05) is 13.5 Å². The molecule has 0 aromatic rings. The van der Waals surface area contributed by atoms with Crippen molar-refractivity contribution in [2.75, 3.05) is 13.2 Å². The molecule has 0 saturated carbocycles. The molecule has 0 amide bonds. The average molecular weight is 132 g/mol. The second kappa shape index (κ2) is 5.56. The van der Waals surface area contributed by atoms with Gasteiger partial charge in [-0.25, -0.2) is 0 Å². The van der Waals surface area contributed by atoms with Crippen LogP contribution in [0, 0.1) is 0 Å². The van der Waals surface area contributed by atoms with E-state index < -0.39 is 0 Å². The minimum Gasteiger partial charge on any atom is -0.466 e. The van der Waals surface area contributed by atoms with Crippen molar-refractivity contribution >= 4 is 5.97 Å². The van der Waals surface area contributed by atoms with E-state index >= 15 is 0 Å². The molecule has 0 aromatic carbocycles. The fourth-order valence-corrected chi connectivity index (χ4v) is 0.430. The lowest BCUT2D eigenvalue weighted by atomic mass is 10.3. The first-order valence-corrected chi connectivity index (χ1v) is 3.01. The molecule has 0 heterocycles. The Hall–Kier alpha value is -0.570. The Morgan fingerprint density at radius 2 is 2.22 bits per heavy atom. The fourth-order valence-electron chi connectivity index (χ4n) is 0.430. The normalized spacial score (nSPS) is 9.11. The number of ether oxygens (including phenoxy) is 1. The van der Waals surface area contributed by atoms with E-state index in [0.717, 1.165) is 6.42 Å². The molecule has 0 spiro atoms. The lowest BCUT2D eigenvalue weighted by Crippen LogP contribution is -2.00. The third kappa shape index (κ3) is 7.43. The number of esters is 1. The van der Waals surface area contributed by atoms with Gasteiger partial charge in [0.15, 0.2) is 0 Å². The van der Waals surface area contributed by atoms with Crippen LogP contribution >= 0.6 is 0 Å². The van der Waals surface area contributed by atoms with Crippen molar-refractivity contribution in [1.82, 2.24) is 0 Å². The molecule has 0 atom stereocenters. The highest BCUT2D eigenvalue weighted by Gasteiger charge is 1.90. The molecule has 3 heteroatoms. The van der Waals surface area contributed by atoms with Gasteiger partial charge in [-0.05, 0) is 12.8 Å². The van der Waals surface area contributed by atoms with Crippen molar-refractivity contribution < 1.29 is 14.6 Å². The summed E-state index contributed by atoms with van der Waals surface area (Å²) in [4.78, 5) is 10.1. The van der Waals surface area contributed by atoms with E-state index in [4.69, 9.17) is 5.11 Å². The first-order chi connectivity index (χ1) is 4.27. The average Bonchev–Trinajstić information content (AvgIpc) is 1.80. The molecule has 54 valence electrons. The Labute approximate surface area is 54.6 Å². The summed E-state index contributed by atoms with van der Waals surface area (Å²) in [7, 11) is 0. The number of hydrogen-bond acceptors (Lipinski definition) is 3. The molecule has 3 nitrogen and oxygen atoms in total. The predicted octanol–water partition coefficient (Wildman–Crippen LogP) is 0.322. The third-order valence-corrected chi connectivity index (χ3v) is 0.858. The topological polar surface area (TPSA) is 46.5 Å².